The molecular weight excluding hydrogens is 381 g/mol. The van der Waals surface area contributed by atoms with E-state index in [2.05, 4.69) is 4.85 Å². The first-order valence-corrected chi connectivity index (χ1v) is 8.62. The molecule has 3 aliphatic carbocycles. The molecule has 0 amide bonds. The zero-order chi connectivity index (χ0) is 20.1. The van der Waals surface area contributed by atoms with E-state index >= 15 is 0 Å². The van der Waals surface area contributed by atoms with Gasteiger partial charge in [0.05, 0.1) is 6.57 Å². The third kappa shape index (κ3) is 1.95. The molecule has 8 heteroatoms. The van der Waals surface area contributed by atoms with E-state index in [9.17, 15) is 27.1 Å². The van der Waals surface area contributed by atoms with Crippen molar-refractivity contribution in [3.8, 4) is 11.5 Å². The van der Waals surface area contributed by atoms with Gasteiger partial charge in [-0.05, 0) is 48.9 Å². The molecule has 1 fully saturated rings. The largest absolute Gasteiger partial charge is 0.458 e. The molecule has 0 bridgehead atoms. The Morgan fingerprint density at radius 2 is 1.89 bits per heavy atom. The second-order valence-electron chi connectivity index (χ2n) is 7.57. The Bertz CT molecular complexity index is 1080. The van der Waals surface area contributed by atoms with Crippen molar-refractivity contribution in [2.45, 2.75) is 36.2 Å². The third-order valence-corrected chi connectivity index (χ3v) is 5.94. The van der Waals surface area contributed by atoms with Crippen molar-refractivity contribution < 1.29 is 31.8 Å². The van der Waals surface area contributed by atoms with Crippen LogP contribution in [0.3, 0.4) is 0 Å². The minimum absolute atomic E-state index is 0.0133. The number of alkyl halides is 4. The van der Waals surface area contributed by atoms with Crippen molar-refractivity contribution in [2.75, 3.05) is 0 Å². The van der Waals surface area contributed by atoms with Crippen LogP contribution in [0.15, 0.2) is 30.3 Å². The smallest absolute Gasteiger partial charge is 0.346 e. The molecule has 3 unspecified atom stereocenters. The lowest BCUT2D eigenvalue weighted by Gasteiger charge is -2.35. The highest BCUT2D eigenvalue weighted by molar-refractivity contribution is 5.61. The van der Waals surface area contributed by atoms with Crippen molar-refractivity contribution >= 4 is 5.69 Å². The molecule has 2 aromatic carbocycles. The maximum atomic E-state index is 14.6. The van der Waals surface area contributed by atoms with E-state index in [1.165, 1.54) is 6.07 Å². The number of hydrogen-bond acceptors (Lipinski definition) is 2. The summed E-state index contributed by atoms with van der Waals surface area (Å²) >= 11 is 0. The van der Waals surface area contributed by atoms with Crippen LogP contribution in [0, 0.1) is 18.3 Å². The van der Waals surface area contributed by atoms with Gasteiger partial charge in [0.25, 0.3) is 0 Å². The van der Waals surface area contributed by atoms with Crippen molar-refractivity contribution in [1.82, 2.24) is 0 Å². The molecule has 1 saturated carbocycles. The maximum absolute atomic E-state index is 14.6. The highest BCUT2D eigenvalue weighted by Gasteiger charge is 2.79. The first-order chi connectivity index (χ1) is 13.1. The molecule has 3 aliphatic rings. The molecule has 0 aliphatic heterocycles. The molecule has 0 radical (unpaired) electrons. The van der Waals surface area contributed by atoms with E-state index in [1.54, 1.807) is 0 Å². The molecule has 144 valence electrons. The van der Waals surface area contributed by atoms with E-state index in [-0.39, 0.29) is 34.6 Å². The Morgan fingerprint density at radius 1 is 1.14 bits per heavy atom. The normalized spacial score (nSPS) is 30.2. The lowest BCUT2D eigenvalue weighted by atomic mass is 9.78. The molecule has 3 atom stereocenters. The number of ether oxygens (including phenoxy) is 1. The Morgan fingerprint density at radius 3 is 2.61 bits per heavy atom. The predicted octanol–water partition coefficient (Wildman–Crippen LogP) is 5.60. The summed E-state index contributed by atoms with van der Waals surface area (Å²) in [4.78, 5) is 3.12. The van der Waals surface area contributed by atoms with Crippen molar-refractivity contribution in [2.24, 2.45) is 5.92 Å². The van der Waals surface area contributed by atoms with E-state index < -0.39 is 40.8 Å². The Hall–Kier alpha value is -2.66. The average Bonchev–Trinajstić information content (AvgIpc) is 3.37. The second-order valence-corrected chi connectivity index (χ2v) is 7.57. The summed E-state index contributed by atoms with van der Waals surface area (Å²) in [7, 11) is 0. The van der Waals surface area contributed by atoms with Gasteiger partial charge in [0.1, 0.15) is 17.3 Å². The standard InChI is InChI=1S/C20H12F5NO2/c1-26-11-5-10(21)6-12(7-11)28-15-3-2-14-17-16(15)13-4-9(13)8-18(17,27)20(24,25)19(14,22)23/h2-3,5-7,9,13,27H,4,8H2. The van der Waals surface area contributed by atoms with Crippen LogP contribution in [0.4, 0.5) is 27.6 Å². The van der Waals surface area contributed by atoms with Crippen LogP contribution < -0.4 is 4.74 Å². The Kier molecular flexibility index (Phi) is 3.13. The number of fused-ring (bicyclic) bond motifs is 2. The van der Waals surface area contributed by atoms with Gasteiger partial charge in [0, 0.05) is 22.8 Å². The quantitative estimate of drug-likeness (QED) is 0.532. The number of hydrogen-bond donors (Lipinski definition) is 1. The van der Waals surface area contributed by atoms with Gasteiger partial charge in [-0.3, -0.25) is 0 Å². The fourth-order valence-electron chi connectivity index (χ4n) is 4.59. The van der Waals surface area contributed by atoms with Gasteiger partial charge in [-0.15, -0.1) is 0 Å². The highest BCUT2D eigenvalue weighted by Crippen LogP contribution is 2.72. The van der Waals surface area contributed by atoms with Gasteiger partial charge >= 0.3 is 11.8 Å². The summed E-state index contributed by atoms with van der Waals surface area (Å²) in [6, 6.07) is 5.25. The Balaban J connectivity index is 1.70. The SMILES string of the molecule is [C-]#[N+]c1cc(F)cc(Oc2ccc3c4c2C2CC2CC4(O)C(F)(F)C3(F)F)c1. The summed E-state index contributed by atoms with van der Waals surface area (Å²) in [5, 5.41) is 10.7. The molecule has 1 N–H and O–H groups in total. The van der Waals surface area contributed by atoms with Gasteiger partial charge in [-0.1, -0.05) is 0 Å². The summed E-state index contributed by atoms with van der Waals surface area (Å²) in [6.45, 7) is 6.99. The molecule has 0 heterocycles. The van der Waals surface area contributed by atoms with Crippen LogP contribution in [0.25, 0.3) is 4.85 Å². The molecule has 3 nitrogen and oxygen atoms in total. The van der Waals surface area contributed by atoms with Gasteiger partial charge in [-0.25, -0.2) is 9.24 Å². The average molecular weight is 393 g/mol. The van der Waals surface area contributed by atoms with E-state index in [4.69, 9.17) is 11.3 Å². The first-order valence-electron chi connectivity index (χ1n) is 8.62. The number of nitrogens with zero attached hydrogens (tertiary/aromatic N) is 1. The van der Waals surface area contributed by atoms with Gasteiger partial charge in [0.15, 0.2) is 11.3 Å². The zero-order valence-corrected chi connectivity index (χ0v) is 14.1. The molecule has 2 aromatic rings. The van der Waals surface area contributed by atoms with Crippen LogP contribution in [0.2, 0.25) is 0 Å². The molecule has 0 aromatic heterocycles. The lowest BCUT2D eigenvalue weighted by Crippen LogP contribution is -2.50. The topological polar surface area (TPSA) is 33.8 Å². The van der Waals surface area contributed by atoms with Crippen LogP contribution >= 0.6 is 0 Å². The molecule has 0 saturated heterocycles. The van der Waals surface area contributed by atoms with Crippen molar-refractivity contribution in [3.05, 3.63) is 64.3 Å². The third-order valence-electron chi connectivity index (χ3n) is 5.94. The summed E-state index contributed by atoms with van der Waals surface area (Å²) < 4.78 is 77.3. The summed E-state index contributed by atoms with van der Waals surface area (Å²) in [6.07, 6.45) is 0.0405. The molecule has 5 rings (SSSR count). The van der Waals surface area contributed by atoms with Crippen LogP contribution in [0.5, 0.6) is 11.5 Å². The second kappa shape index (κ2) is 5.03. The number of benzene rings is 2. The fraction of sp³-hybridized carbons (Fsp3) is 0.350. The van der Waals surface area contributed by atoms with Crippen LogP contribution in [-0.4, -0.2) is 11.0 Å². The molecule has 28 heavy (non-hydrogen) atoms. The molecular formula is C20H12F5NO2. The summed E-state index contributed by atoms with van der Waals surface area (Å²) in [5.74, 6) is -10.5. The van der Waals surface area contributed by atoms with Crippen LogP contribution in [0.1, 0.15) is 35.4 Å². The zero-order valence-electron chi connectivity index (χ0n) is 14.1. The van der Waals surface area contributed by atoms with Crippen LogP contribution in [-0.2, 0) is 11.5 Å². The number of halogens is 5. The number of rotatable bonds is 2. The van der Waals surface area contributed by atoms with Gasteiger partial charge in [-0.2, -0.15) is 17.6 Å². The first kappa shape index (κ1) is 17.4. The Labute approximate surface area is 156 Å². The van der Waals surface area contributed by atoms with E-state index in [0.717, 1.165) is 24.3 Å². The van der Waals surface area contributed by atoms with Crippen molar-refractivity contribution in [3.63, 3.8) is 0 Å². The van der Waals surface area contributed by atoms with Gasteiger partial charge < -0.3 is 9.84 Å². The summed E-state index contributed by atoms with van der Waals surface area (Å²) in [5.41, 5.74) is -4.23. The lowest BCUT2D eigenvalue weighted by molar-refractivity contribution is -0.289. The van der Waals surface area contributed by atoms with Crippen molar-refractivity contribution in [1.29, 1.82) is 0 Å². The minimum atomic E-state index is -4.64. The maximum Gasteiger partial charge on any atom is 0.346 e. The highest BCUT2D eigenvalue weighted by atomic mass is 19.3. The van der Waals surface area contributed by atoms with Gasteiger partial charge in [0.2, 0.25) is 0 Å². The fourth-order valence-corrected chi connectivity index (χ4v) is 4.59. The van der Waals surface area contributed by atoms with E-state index in [1.807, 2.05) is 0 Å². The predicted molar refractivity (Wildman–Crippen MR) is 87.4 cm³/mol. The minimum Gasteiger partial charge on any atom is -0.458 e. The monoisotopic (exact) mass is 393 g/mol. The van der Waals surface area contributed by atoms with E-state index in [0.29, 0.717) is 6.42 Å². The molecule has 0 spiro atoms. The number of aliphatic hydroxyl groups is 1.